The Kier molecular flexibility index (Phi) is 7.06. The summed E-state index contributed by atoms with van der Waals surface area (Å²) in [6.07, 6.45) is 11.5. The highest BCUT2D eigenvalue weighted by Gasteiger charge is 2.42. The molecule has 0 N–H and O–H groups in total. The van der Waals surface area contributed by atoms with Gasteiger partial charge in [0, 0.05) is 27.1 Å². The van der Waals surface area contributed by atoms with Gasteiger partial charge in [-0.3, -0.25) is 0 Å². The van der Waals surface area contributed by atoms with E-state index in [-0.39, 0.29) is 13.7 Å². The molecular formula is C26H35O2P. The molecule has 0 aromatic heterocycles. The zero-order chi connectivity index (χ0) is 20.1. The van der Waals surface area contributed by atoms with Gasteiger partial charge < -0.3 is 9.47 Å². The Morgan fingerprint density at radius 3 is 2.14 bits per heavy atom. The maximum absolute atomic E-state index is 5.93. The first-order chi connectivity index (χ1) is 14.3. The summed E-state index contributed by atoms with van der Waals surface area (Å²) >= 11 is 0. The highest BCUT2D eigenvalue weighted by Crippen LogP contribution is 2.57. The van der Waals surface area contributed by atoms with E-state index in [1.54, 1.807) is 5.30 Å². The molecule has 0 saturated heterocycles. The van der Waals surface area contributed by atoms with Crippen LogP contribution in [0.4, 0.5) is 0 Å². The number of rotatable bonds is 6. The van der Waals surface area contributed by atoms with Crippen LogP contribution in [0, 0.1) is 0 Å². The minimum absolute atomic E-state index is 0.266. The topological polar surface area (TPSA) is 18.5 Å². The van der Waals surface area contributed by atoms with Crippen molar-refractivity contribution in [2.75, 3.05) is 14.2 Å². The molecule has 0 bridgehead atoms. The van der Waals surface area contributed by atoms with Gasteiger partial charge in [-0.2, -0.15) is 0 Å². The number of benzene rings is 2. The van der Waals surface area contributed by atoms with Crippen LogP contribution < -0.4 is 5.30 Å². The second kappa shape index (κ2) is 9.73. The molecule has 156 valence electrons. The Morgan fingerprint density at radius 2 is 1.41 bits per heavy atom. The molecule has 4 rings (SSSR count). The lowest BCUT2D eigenvalue weighted by Gasteiger charge is -2.45. The molecule has 0 aliphatic heterocycles. The molecule has 2 atom stereocenters. The fourth-order valence-electron chi connectivity index (χ4n) is 5.47. The molecule has 2 aromatic rings. The fourth-order valence-corrected chi connectivity index (χ4v) is 9.45. The van der Waals surface area contributed by atoms with Gasteiger partial charge in [-0.05, 0) is 53.4 Å². The molecular weight excluding hydrogens is 375 g/mol. The van der Waals surface area contributed by atoms with Gasteiger partial charge in [0.2, 0.25) is 0 Å². The average Bonchev–Trinajstić information content (AvgIpc) is 2.81. The van der Waals surface area contributed by atoms with Crippen molar-refractivity contribution < 1.29 is 9.47 Å². The highest BCUT2D eigenvalue weighted by molar-refractivity contribution is 7.67. The van der Waals surface area contributed by atoms with Crippen molar-refractivity contribution in [1.29, 1.82) is 0 Å². The van der Waals surface area contributed by atoms with Crippen LogP contribution in [0.5, 0.6) is 0 Å². The number of methoxy groups -OCH3 is 2. The maximum atomic E-state index is 5.93. The largest absolute Gasteiger partial charge is 0.353 e. The molecule has 2 aromatic carbocycles. The van der Waals surface area contributed by atoms with Gasteiger partial charge >= 0.3 is 0 Å². The standard InChI is InChI=1S/C26H35O2P/c1-27-26(28-2)19-11-16-23(20-26)29(22-14-7-4-8-15-22)25-18-10-9-17-24(25)21-12-5-3-6-13-21/h3,5-6,9-10,12-13,17-18,22-23H,4,7-8,11,14-16,19-20H2,1-2H3. The Bertz CT molecular complexity index is 765. The van der Waals surface area contributed by atoms with E-state index in [1.807, 2.05) is 14.2 Å². The van der Waals surface area contributed by atoms with E-state index in [4.69, 9.17) is 9.47 Å². The summed E-state index contributed by atoms with van der Waals surface area (Å²) in [5.41, 5.74) is 4.30. The van der Waals surface area contributed by atoms with Gasteiger partial charge in [-0.25, -0.2) is 0 Å². The van der Waals surface area contributed by atoms with Crippen molar-refractivity contribution in [3.05, 3.63) is 54.6 Å². The minimum Gasteiger partial charge on any atom is -0.353 e. The highest BCUT2D eigenvalue weighted by atomic mass is 31.1. The van der Waals surface area contributed by atoms with Crippen molar-refractivity contribution >= 4 is 13.2 Å². The van der Waals surface area contributed by atoms with Crippen molar-refractivity contribution in [3.63, 3.8) is 0 Å². The summed E-state index contributed by atoms with van der Waals surface area (Å²) in [5, 5.41) is 1.61. The van der Waals surface area contributed by atoms with Gasteiger partial charge in [0.05, 0.1) is 0 Å². The Balaban J connectivity index is 1.74. The lowest BCUT2D eigenvalue weighted by molar-refractivity contribution is -0.222. The maximum Gasteiger partial charge on any atom is 0.168 e. The van der Waals surface area contributed by atoms with Gasteiger partial charge in [0.15, 0.2) is 5.79 Å². The van der Waals surface area contributed by atoms with Crippen LogP contribution in [-0.4, -0.2) is 31.3 Å². The third-order valence-corrected chi connectivity index (χ3v) is 10.5. The molecule has 3 heteroatoms. The van der Waals surface area contributed by atoms with E-state index in [0.717, 1.165) is 18.5 Å². The zero-order valence-electron chi connectivity index (χ0n) is 18.0. The third kappa shape index (κ3) is 4.61. The zero-order valence-corrected chi connectivity index (χ0v) is 18.9. The molecule has 2 aliphatic rings. The van der Waals surface area contributed by atoms with E-state index in [9.17, 15) is 0 Å². The van der Waals surface area contributed by atoms with Crippen LogP contribution in [0.3, 0.4) is 0 Å². The molecule has 2 unspecified atom stereocenters. The van der Waals surface area contributed by atoms with Crippen LogP contribution in [-0.2, 0) is 9.47 Å². The van der Waals surface area contributed by atoms with E-state index in [2.05, 4.69) is 54.6 Å². The summed E-state index contributed by atoms with van der Waals surface area (Å²) in [5.74, 6) is -0.389. The van der Waals surface area contributed by atoms with Crippen molar-refractivity contribution in [2.24, 2.45) is 0 Å². The monoisotopic (exact) mass is 410 g/mol. The SMILES string of the molecule is COC1(OC)CCCC(P(c2ccccc2-c2ccccc2)C2CCCCC2)C1. The second-order valence-corrected chi connectivity index (χ2v) is 11.4. The smallest absolute Gasteiger partial charge is 0.168 e. The van der Waals surface area contributed by atoms with E-state index < -0.39 is 0 Å². The minimum atomic E-state index is -0.389. The lowest BCUT2D eigenvalue weighted by Crippen LogP contribution is -2.42. The van der Waals surface area contributed by atoms with Crippen molar-refractivity contribution in [1.82, 2.24) is 0 Å². The van der Waals surface area contributed by atoms with Crippen LogP contribution >= 0.6 is 7.92 Å². The Labute approximate surface area is 177 Å². The van der Waals surface area contributed by atoms with Gasteiger partial charge in [-0.15, -0.1) is 0 Å². The molecule has 0 amide bonds. The van der Waals surface area contributed by atoms with Crippen molar-refractivity contribution in [2.45, 2.75) is 74.9 Å². The number of hydrogen-bond donors (Lipinski definition) is 0. The first-order valence-electron chi connectivity index (χ1n) is 11.3. The van der Waals surface area contributed by atoms with Crippen LogP contribution in [0.25, 0.3) is 11.1 Å². The predicted molar refractivity (Wildman–Crippen MR) is 124 cm³/mol. The molecule has 2 nitrogen and oxygen atoms in total. The van der Waals surface area contributed by atoms with E-state index >= 15 is 0 Å². The molecule has 0 heterocycles. The van der Waals surface area contributed by atoms with Crippen LogP contribution in [0.15, 0.2) is 54.6 Å². The third-order valence-electron chi connectivity index (χ3n) is 7.01. The van der Waals surface area contributed by atoms with Gasteiger partial charge in [0.25, 0.3) is 0 Å². The predicted octanol–water partition coefficient (Wildman–Crippen LogP) is 6.73. The molecule has 2 fully saturated rings. The fraction of sp³-hybridized carbons (Fsp3) is 0.538. The summed E-state index contributed by atoms with van der Waals surface area (Å²) in [7, 11) is 3.39. The summed E-state index contributed by atoms with van der Waals surface area (Å²) < 4.78 is 11.9. The van der Waals surface area contributed by atoms with E-state index in [0.29, 0.717) is 5.66 Å². The molecule has 0 radical (unpaired) electrons. The normalized spacial score (nSPS) is 23.6. The molecule has 29 heavy (non-hydrogen) atoms. The Morgan fingerprint density at radius 1 is 0.759 bits per heavy atom. The average molecular weight is 411 g/mol. The molecule has 0 spiro atoms. The van der Waals surface area contributed by atoms with Gasteiger partial charge in [-0.1, -0.05) is 81.8 Å². The lowest BCUT2D eigenvalue weighted by atomic mass is 9.93. The second-order valence-electron chi connectivity index (χ2n) is 8.65. The van der Waals surface area contributed by atoms with Crippen LogP contribution in [0.2, 0.25) is 0 Å². The van der Waals surface area contributed by atoms with Crippen LogP contribution in [0.1, 0.15) is 57.8 Å². The molecule has 2 saturated carbocycles. The summed E-state index contributed by atoms with van der Waals surface area (Å²) in [6.45, 7) is 0. The number of ether oxygens (including phenoxy) is 2. The van der Waals surface area contributed by atoms with E-state index in [1.165, 1.54) is 56.1 Å². The van der Waals surface area contributed by atoms with Crippen molar-refractivity contribution in [3.8, 4) is 11.1 Å². The first-order valence-corrected chi connectivity index (χ1v) is 12.8. The number of hydrogen-bond acceptors (Lipinski definition) is 2. The quantitative estimate of drug-likeness (QED) is 0.388. The molecule has 2 aliphatic carbocycles. The first kappa shape index (κ1) is 21.0. The Hall–Kier alpha value is -1.21. The summed E-state index contributed by atoms with van der Waals surface area (Å²) in [6, 6.07) is 20.2. The summed E-state index contributed by atoms with van der Waals surface area (Å²) in [4.78, 5) is 0. The van der Waals surface area contributed by atoms with Gasteiger partial charge in [0.1, 0.15) is 0 Å².